The van der Waals surface area contributed by atoms with Gasteiger partial charge in [-0.2, -0.15) is 0 Å². The third kappa shape index (κ3) is 6.15. The number of ether oxygens (including phenoxy) is 7. The Morgan fingerprint density at radius 2 is 1.54 bits per heavy atom. The second-order valence-electron chi connectivity index (χ2n) is 15.2. The van der Waals surface area contributed by atoms with Crippen molar-refractivity contribution in [3.05, 3.63) is 12.2 Å². The van der Waals surface area contributed by atoms with E-state index in [-0.39, 0.29) is 32.0 Å². The minimum absolute atomic E-state index is 0.00309. The summed E-state index contributed by atoms with van der Waals surface area (Å²) < 4.78 is 43.6. The summed E-state index contributed by atoms with van der Waals surface area (Å²) >= 11 is 0. The van der Waals surface area contributed by atoms with Crippen LogP contribution in [0.5, 0.6) is 0 Å². The van der Waals surface area contributed by atoms with Gasteiger partial charge < -0.3 is 38.3 Å². The van der Waals surface area contributed by atoms with Crippen LogP contribution in [0.4, 0.5) is 0 Å². The van der Waals surface area contributed by atoms with E-state index in [9.17, 15) is 29.1 Å². The summed E-state index contributed by atoms with van der Waals surface area (Å²) in [5, 5.41) is 12.9. The van der Waals surface area contributed by atoms with E-state index in [0.29, 0.717) is 0 Å². The SMILES string of the molecule is CCC(=O)OC1C2C(OC(C)=O)C34COC(C)(C(O)C2(OC(C)=O)CC1(C)OCC(C)C)C3C(C(C)(C)OC(C)=O)C=CC4OC(C)=O. The zero-order valence-corrected chi connectivity index (χ0v) is 29.9. The van der Waals surface area contributed by atoms with Crippen molar-refractivity contribution in [1.29, 1.82) is 0 Å². The average Bonchev–Trinajstić information content (AvgIpc) is 3.38. The molecule has 0 aromatic rings. The van der Waals surface area contributed by atoms with Crippen LogP contribution in [0.3, 0.4) is 0 Å². The van der Waals surface area contributed by atoms with Crippen LogP contribution >= 0.6 is 0 Å². The Kier molecular flexibility index (Phi) is 10.2. The zero-order valence-electron chi connectivity index (χ0n) is 29.9. The van der Waals surface area contributed by atoms with Crippen molar-refractivity contribution in [2.45, 2.75) is 136 Å². The highest BCUT2D eigenvalue weighted by molar-refractivity contribution is 5.70. The molecule has 3 aliphatic carbocycles. The number of carbonyl (C=O) groups is 5. The van der Waals surface area contributed by atoms with E-state index in [1.807, 2.05) is 13.8 Å². The van der Waals surface area contributed by atoms with Gasteiger partial charge in [-0.25, -0.2) is 0 Å². The summed E-state index contributed by atoms with van der Waals surface area (Å²) in [6.07, 6.45) is -2.07. The Bertz CT molecular complexity index is 1340. The third-order valence-electron chi connectivity index (χ3n) is 10.6. The number of esters is 5. The maximum Gasteiger partial charge on any atom is 0.305 e. The van der Waals surface area contributed by atoms with Crippen LogP contribution in [0.2, 0.25) is 0 Å². The second-order valence-corrected chi connectivity index (χ2v) is 15.2. The molecule has 13 heteroatoms. The van der Waals surface area contributed by atoms with E-state index in [0.717, 1.165) is 0 Å². The highest BCUT2D eigenvalue weighted by Gasteiger charge is 2.83. The molecule has 0 radical (unpaired) electrons. The van der Waals surface area contributed by atoms with Gasteiger partial charge in [-0.15, -0.1) is 0 Å². The van der Waals surface area contributed by atoms with Gasteiger partial charge in [-0.3, -0.25) is 24.0 Å². The topological polar surface area (TPSA) is 170 Å². The molecular formula is C35H52O13. The molecule has 11 atom stereocenters. The molecule has 2 bridgehead atoms. The molecule has 1 N–H and O–H groups in total. The Hall–Kier alpha value is -3.03. The van der Waals surface area contributed by atoms with Gasteiger partial charge in [0.2, 0.25) is 0 Å². The Morgan fingerprint density at radius 1 is 0.917 bits per heavy atom. The zero-order chi connectivity index (χ0) is 36.2. The van der Waals surface area contributed by atoms with Gasteiger partial charge in [0.15, 0.2) is 5.60 Å². The standard InChI is InChI=1S/C35H52O13/c1-12-25(40)46-28-26-29(45-20(5)37)34-17-43-33(11,30(41)35(26,48-22(7)39)16-32(28,10)42-15-18(2)3)27(34)23(31(8,9)47-21(6)38)13-14-24(34)44-19(4)36/h13-14,18,23-24,26-30,41H,12,15-17H2,1-11H3. The summed E-state index contributed by atoms with van der Waals surface area (Å²) in [4.78, 5) is 64.6. The lowest BCUT2D eigenvalue weighted by Gasteiger charge is -2.53. The first kappa shape index (κ1) is 37.8. The van der Waals surface area contributed by atoms with Crippen molar-refractivity contribution in [2.75, 3.05) is 13.2 Å². The molecule has 11 unspecified atom stereocenters. The van der Waals surface area contributed by atoms with Crippen LogP contribution < -0.4 is 0 Å². The fourth-order valence-electron chi connectivity index (χ4n) is 9.14. The number of carbonyl (C=O) groups excluding carboxylic acids is 5. The average molecular weight is 681 g/mol. The highest BCUT2D eigenvalue weighted by atomic mass is 16.6. The molecule has 0 aromatic carbocycles. The Morgan fingerprint density at radius 3 is 2.06 bits per heavy atom. The van der Waals surface area contributed by atoms with Gasteiger partial charge in [0.1, 0.15) is 35.6 Å². The van der Waals surface area contributed by atoms with E-state index in [1.165, 1.54) is 27.7 Å². The quantitative estimate of drug-likeness (QED) is 0.203. The predicted octanol–water partition coefficient (Wildman–Crippen LogP) is 3.22. The van der Waals surface area contributed by atoms with Gasteiger partial charge >= 0.3 is 29.8 Å². The molecule has 1 saturated heterocycles. The minimum Gasteiger partial charge on any atom is -0.461 e. The summed E-state index contributed by atoms with van der Waals surface area (Å²) in [5.41, 5.74) is -7.56. The number of rotatable bonds is 10. The van der Waals surface area contributed by atoms with E-state index in [2.05, 4.69) is 0 Å². The van der Waals surface area contributed by atoms with E-state index >= 15 is 0 Å². The maximum absolute atomic E-state index is 13.2. The van der Waals surface area contributed by atoms with Crippen molar-refractivity contribution in [3.63, 3.8) is 0 Å². The number of fused-ring (bicyclic) bond motifs is 1. The van der Waals surface area contributed by atoms with Crippen molar-refractivity contribution >= 4 is 29.8 Å². The summed E-state index contributed by atoms with van der Waals surface area (Å²) in [5.74, 6) is -6.01. The van der Waals surface area contributed by atoms with Crippen LogP contribution in [-0.4, -0.2) is 95.0 Å². The second kappa shape index (κ2) is 13.0. The van der Waals surface area contributed by atoms with E-state index in [1.54, 1.807) is 46.8 Å². The largest absolute Gasteiger partial charge is 0.461 e. The molecule has 1 aliphatic heterocycles. The fraction of sp³-hybridized carbons (Fsp3) is 0.800. The molecular weight excluding hydrogens is 628 g/mol. The van der Waals surface area contributed by atoms with Gasteiger partial charge in [0.25, 0.3) is 0 Å². The first-order valence-electron chi connectivity index (χ1n) is 16.7. The maximum atomic E-state index is 13.2. The summed E-state index contributed by atoms with van der Waals surface area (Å²) in [6.45, 7) is 17.3. The summed E-state index contributed by atoms with van der Waals surface area (Å²) in [6, 6.07) is 0. The molecule has 13 nitrogen and oxygen atoms in total. The molecule has 4 rings (SSSR count). The van der Waals surface area contributed by atoms with E-state index < -0.39 is 99.8 Å². The van der Waals surface area contributed by atoms with Gasteiger partial charge in [0, 0.05) is 59.0 Å². The van der Waals surface area contributed by atoms with Gasteiger partial charge in [-0.1, -0.05) is 26.8 Å². The predicted molar refractivity (Wildman–Crippen MR) is 168 cm³/mol. The molecule has 48 heavy (non-hydrogen) atoms. The van der Waals surface area contributed by atoms with Crippen LogP contribution in [0.25, 0.3) is 0 Å². The van der Waals surface area contributed by atoms with Gasteiger partial charge in [0.05, 0.1) is 23.5 Å². The van der Waals surface area contributed by atoms with Crippen LogP contribution in [0.1, 0.15) is 89.0 Å². The Labute approximate surface area is 282 Å². The fourth-order valence-corrected chi connectivity index (χ4v) is 9.14. The van der Waals surface area contributed by atoms with Crippen molar-refractivity contribution in [2.24, 2.45) is 29.1 Å². The highest BCUT2D eigenvalue weighted by Crippen LogP contribution is 2.69. The van der Waals surface area contributed by atoms with Crippen molar-refractivity contribution in [1.82, 2.24) is 0 Å². The smallest absolute Gasteiger partial charge is 0.305 e. The lowest BCUT2D eigenvalue weighted by Crippen LogP contribution is -2.64. The van der Waals surface area contributed by atoms with Crippen LogP contribution in [-0.2, 0) is 57.1 Å². The molecule has 0 aromatic heterocycles. The lowest BCUT2D eigenvalue weighted by atomic mass is 9.53. The van der Waals surface area contributed by atoms with Crippen LogP contribution in [0.15, 0.2) is 12.2 Å². The molecule has 1 heterocycles. The van der Waals surface area contributed by atoms with Crippen molar-refractivity contribution < 1.29 is 62.2 Å². The molecule has 0 spiro atoms. The number of aliphatic hydroxyl groups excluding tert-OH is 1. The lowest BCUT2D eigenvalue weighted by molar-refractivity contribution is -0.239. The molecule has 2 saturated carbocycles. The first-order chi connectivity index (χ1) is 22.1. The minimum atomic E-state index is -1.91. The van der Waals surface area contributed by atoms with Gasteiger partial charge in [-0.05, 0) is 39.7 Å². The van der Waals surface area contributed by atoms with Crippen LogP contribution in [0, 0.1) is 29.1 Å². The van der Waals surface area contributed by atoms with Crippen molar-refractivity contribution in [3.8, 4) is 0 Å². The number of hydrogen-bond donors (Lipinski definition) is 1. The van der Waals surface area contributed by atoms with E-state index in [4.69, 9.17) is 33.2 Å². The Balaban J connectivity index is 2.14. The first-order valence-corrected chi connectivity index (χ1v) is 16.7. The number of aliphatic hydroxyl groups is 1. The normalized spacial score (nSPS) is 39.9. The molecule has 0 amide bonds. The summed E-state index contributed by atoms with van der Waals surface area (Å²) in [7, 11) is 0. The third-order valence-corrected chi connectivity index (χ3v) is 10.6. The number of hydrogen-bond acceptors (Lipinski definition) is 13. The molecule has 3 fully saturated rings. The monoisotopic (exact) mass is 680 g/mol. The molecule has 270 valence electrons. The molecule has 4 aliphatic rings.